The number of pyridine rings is 1. The lowest BCUT2D eigenvalue weighted by molar-refractivity contribution is -0.136. The van der Waals surface area contributed by atoms with E-state index in [0.29, 0.717) is 25.1 Å². The molecule has 4 aliphatic rings. The highest BCUT2D eigenvalue weighted by Gasteiger charge is 2.39. The van der Waals surface area contributed by atoms with Crippen molar-refractivity contribution < 1.29 is 18.8 Å². The number of carbonyl (C=O) groups is 3. The van der Waals surface area contributed by atoms with E-state index in [2.05, 4.69) is 36.8 Å². The normalized spacial score (nSPS) is 20.3. The van der Waals surface area contributed by atoms with Crippen LogP contribution in [-0.4, -0.2) is 92.4 Å². The van der Waals surface area contributed by atoms with Gasteiger partial charge >= 0.3 is 0 Å². The molecule has 13 heteroatoms. The fraction of sp³-hybridized carbons (Fsp3) is 0.317. The first-order valence-corrected chi connectivity index (χ1v) is 18.5. The van der Waals surface area contributed by atoms with Gasteiger partial charge in [0.25, 0.3) is 5.91 Å². The van der Waals surface area contributed by atoms with E-state index in [1.54, 1.807) is 17.0 Å². The third-order valence-corrected chi connectivity index (χ3v) is 10.9. The van der Waals surface area contributed by atoms with E-state index in [1.165, 1.54) is 6.07 Å². The monoisotopic (exact) mass is 723 g/mol. The third kappa shape index (κ3) is 6.43. The summed E-state index contributed by atoms with van der Waals surface area (Å²) in [7, 11) is 0. The van der Waals surface area contributed by atoms with Crippen molar-refractivity contribution in [2.45, 2.75) is 44.3 Å². The van der Waals surface area contributed by atoms with Crippen molar-refractivity contribution in [3.8, 4) is 23.2 Å². The maximum atomic E-state index is 14.1. The highest BCUT2D eigenvalue weighted by molar-refractivity contribution is 6.05. The van der Waals surface area contributed by atoms with Gasteiger partial charge in [0.05, 0.1) is 24.5 Å². The number of imidazole rings is 1. The minimum atomic E-state index is -0.631. The summed E-state index contributed by atoms with van der Waals surface area (Å²) >= 11 is 0. The zero-order valence-electron chi connectivity index (χ0n) is 29.6. The predicted molar refractivity (Wildman–Crippen MR) is 200 cm³/mol. The summed E-state index contributed by atoms with van der Waals surface area (Å²) in [6, 6.07) is 21.9. The number of amides is 3. The molecule has 9 rings (SSSR count). The van der Waals surface area contributed by atoms with Crippen LogP contribution in [0, 0.1) is 17.7 Å². The van der Waals surface area contributed by atoms with Gasteiger partial charge in [0.2, 0.25) is 11.8 Å². The summed E-state index contributed by atoms with van der Waals surface area (Å²) in [5, 5.41) is 7.36. The SMILES string of the molecule is O=C1CCC(N2Cc3ccc(C#CCN4CCN(c5cccc(-c6cnc7ccc(N8CCCC8c8cccc(F)c8)nn67)n5)CC4)cc3C2=O)C(=O)N1. The number of imide groups is 1. The van der Waals surface area contributed by atoms with Crippen LogP contribution in [-0.2, 0) is 16.1 Å². The minimum Gasteiger partial charge on any atom is -0.354 e. The summed E-state index contributed by atoms with van der Waals surface area (Å²) < 4.78 is 15.9. The second-order valence-electron chi connectivity index (χ2n) is 14.2. The molecule has 7 heterocycles. The number of nitrogens with zero attached hydrogens (tertiary/aromatic N) is 8. The lowest BCUT2D eigenvalue weighted by Gasteiger charge is -2.34. The molecule has 2 aromatic carbocycles. The van der Waals surface area contributed by atoms with Gasteiger partial charge in [-0.1, -0.05) is 36.1 Å². The van der Waals surface area contributed by atoms with E-state index in [1.807, 2.05) is 65.3 Å². The molecule has 3 saturated heterocycles. The van der Waals surface area contributed by atoms with Crippen molar-refractivity contribution in [3.63, 3.8) is 0 Å². The van der Waals surface area contributed by atoms with E-state index >= 15 is 0 Å². The molecular weight excluding hydrogens is 686 g/mol. The number of fused-ring (bicyclic) bond motifs is 2. The van der Waals surface area contributed by atoms with E-state index in [4.69, 9.17) is 10.1 Å². The molecule has 4 aliphatic heterocycles. The Morgan fingerprint density at radius 3 is 2.57 bits per heavy atom. The van der Waals surface area contributed by atoms with Crippen molar-refractivity contribution in [2.24, 2.45) is 0 Å². The topological polar surface area (TPSA) is 119 Å². The number of carbonyl (C=O) groups excluding carboxylic acids is 3. The molecule has 272 valence electrons. The number of hydrogen-bond acceptors (Lipinski definition) is 9. The average Bonchev–Trinajstić information content (AvgIpc) is 3.93. The molecule has 0 saturated carbocycles. The van der Waals surface area contributed by atoms with Crippen LogP contribution >= 0.6 is 0 Å². The molecule has 0 spiro atoms. The van der Waals surface area contributed by atoms with Crippen LogP contribution in [0.4, 0.5) is 16.0 Å². The zero-order chi connectivity index (χ0) is 36.8. The van der Waals surface area contributed by atoms with Crippen LogP contribution in [0.3, 0.4) is 0 Å². The summed E-state index contributed by atoms with van der Waals surface area (Å²) in [6.45, 7) is 5.05. The number of aromatic nitrogens is 4. The second kappa shape index (κ2) is 14.0. The van der Waals surface area contributed by atoms with Crippen LogP contribution < -0.4 is 15.1 Å². The fourth-order valence-electron chi connectivity index (χ4n) is 8.06. The Hall–Kier alpha value is -6.13. The summed E-state index contributed by atoms with van der Waals surface area (Å²) in [5.74, 6) is 7.09. The van der Waals surface area contributed by atoms with Crippen molar-refractivity contribution in [1.29, 1.82) is 0 Å². The lowest BCUT2D eigenvalue weighted by Crippen LogP contribution is -2.52. The van der Waals surface area contributed by atoms with Crippen LogP contribution in [0.25, 0.3) is 17.0 Å². The number of piperidine rings is 1. The number of rotatable bonds is 6. The standard InChI is InChI=1S/C41H38FN9O3/c42-30-7-1-6-28(24-30)33-9-4-18-49(33)38-15-14-36-43-25-35(51(36)46-38)32-8-2-10-37(44-32)48-21-19-47(20-22-48)17-3-5-27-11-12-29-26-50(41(54)31(29)23-27)34-13-16-39(52)45-40(34)53/h1-2,6-8,10-12,14-15,23-25,33-34H,4,9,13,16-22,26H2,(H,45,52,53). The van der Waals surface area contributed by atoms with Crippen molar-refractivity contribution in [1.82, 2.24) is 34.7 Å². The van der Waals surface area contributed by atoms with Crippen molar-refractivity contribution in [3.05, 3.63) is 107 Å². The number of halogens is 1. The number of hydrogen-bond donors (Lipinski definition) is 1. The molecule has 5 aromatic rings. The molecule has 0 radical (unpaired) electrons. The maximum absolute atomic E-state index is 14.1. The first kappa shape index (κ1) is 33.7. The Bertz CT molecular complexity index is 2360. The van der Waals surface area contributed by atoms with Gasteiger partial charge in [-0.25, -0.2) is 18.9 Å². The van der Waals surface area contributed by atoms with Crippen molar-refractivity contribution >= 4 is 35.0 Å². The fourth-order valence-corrected chi connectivity index (χ4v) is 8.06. The van der Waals surface area contributed by atoms with Gasteiger partial charge in [-0.15, -0.1) is 5.10 Å². The summed E-state index contributed by atoms with van der Waals surface area (Å²) in [5.41, 5.74) is 5.47. The van der Waals surface area contributed by atoms with E-state index in [-0.39, 0.29) is 30.1 Å². The summed E-state index contributed by atoms with van der Waals surface area (Å²) in [4.78, 5) is 55.2. The zero-order valence-corrected chi connectivity index (χ0v) is 29.6. The predicted octanol–water partition coefficient (Wildman–Crippen LogP) is 4.21. The largest absolute Gasteiger partial charge is 0.354 e. The van der Waals surface area contributed by atoms with Gasteiger partial charge < -0.3 is 14.7 Å². The Morgan fingerprint density at radius 2 is 1.72 bits per heavy atom. The van der Waals surface area contributed by atoms with Crippen LogP contribution in [0.2, 0.25) is 0 Å². The summed E-state index contributed by atoms with van der Waals surface area (Å²) in [6.07, 6.45) is 4.33. The average molecular weight is 724 g/mol. The number of piperazine rings is 1. The second-order valence-corrected chi connectivity index (χ2v) is 14.2. The molecule has 0 aliphatic carbocycles. The van der Waals surface area contributed by atoms with Gasteiger partial charge in [0, 0.05) is 56.8 Å². The number of anilines is 2. The molecule has 3 amide bonds. The van der Waals surface area contributed by atoms with E-state index < -0.39 is 11.9 Å². The van der Waals surface area contributed by atoms with E-state index in [9.17, 15) is 18.8 Å². The smallest absolute Gasteiger partial charge is 0.255 e. The molecule has 0 bridgehead atoms. The Labute approximate surface area is 311 Å². The highest BCUT2D eigenvalue weighted by Crippen LogP contribution is 2.36. The first-order chi connectivity index (χ1) is 26.4. The molecule has 2 atom stereocenters. The van der Waals surface area contributed by atoms with Gasteiger partial charge in [0.1, 0.15) is 29.2 Å². The number of benzene rings is 2. The van der Waals surface area contributed by atoms with Crippen LogP contribution in [0.15, 0.2) is 79.0 Å². The Balaban J connectivity index is 0.837. The third-order valence-electron chi connectivity index (χ3n) is 10.9. The first-order valence-electron chi connectivity index (χ1n) is 18.5. The van der Waals surface area contributed by atoms with E-state index in [0.717, 1.165) is 90.9 Å². The molecule has 54 heavy (non-hydrogen) atoms. The number of nitrogens with one attached hydrogen (secondary N) is 1. The van der Waals surface area contributed by atoms with Crippen molar-refractivity contribution in [2.75, 3.05) is 49.1 Å². The van der Waals surface area contributed by atoms with Gasteiger partial charge in [-0.05, 0) is 78.9 Å². The highest BCUT2D eigenvalue weighted by atomic mass is 19.1. The molecular formula is C41H38FN9O3. The van der Waals surface area contributed by atoms with Crippen LogP contribution in [0.5, 0.6) is 0 Å². The molecule has 1 N–H and O–H groups in total. The van der Waals surface area contributed by atoms with Gasteiger partial charge in [-0.3, -0.25) is 24.6 Å². The molecule has 3 fully saturated rings. The quantitative estimate of drug-likeness (QED) is 0.203. The lowest BCUT2D eigenvalue weighted by atomic mass is 10.0. The molecule has 3 aromatic heterocycles. The Kier molecular flexibility index (Phi) is 8.75. The minimum absolute atomic E-state index is 0.0633. The Morgan fingerprint density at radius 1 is 0.852 bits per heavy atom. The van der Waals surface area contributed by atoms with Crippen LogP contribution in [0.1, 0.15) is 58.8 Å². The van der Waals surface area contributed by atoms with Gasteiger partial charge in [-0.2, -0.15) is 0 Å². The maximum Gasteiger partial charge on any atom is 0.255 e. The molecule has 12 nitrogen and oxygen atoms in total. The molecule has 2 unspecified atom stereocenters. The van der Waals surface area contributed by atoms with Gasteiger partial charge in [0.15, 0.2) is 5.65 Å².